The van der Waals surface area contributed by atoms with Gasteiger partial charge in [-0.2, -0.15) is 0 Å². The first-order valence-electron chi connectivity index (χ1n) is 5.98. The van der Waals surface area contributed by atoms with Crippen LogP contribution in [0.25, 0.3) is 0 Å². The van der Waals surface area contributed by atoms with Crippen LogP contribution in [0.4, 0.5) is 0 Å². The third-order valence-corrected chi connectivity index (χ3v) is 3.03. The van der Waals surface area contributed by atoms with Crippen molar-refractivity contribution >= 4 is 0 Å². The molecule has 0 aromatic heterocycles. The summed E-state index contributed by atoms with van der Waals surface area (Å²) in [6.07, 6.45) is 8.29. The molecular formula is C16H14N2. The number of allylic oxidation sites excluding steroid dienone is 4. The molecule has 0 atom stereocenters. The molecule has 88 valence electrons. The van der Waals surface area contributed by atoms with E-state index in [1.807, 2.05) is 36.4 Å². The predicted molar refractivity (Wildman–Crippen MR) is 73.1 cm³/mol. The van der Waals surface area contributed by atoms with E-state index in [1.54, 1.807) is 0 Å². The summed E-state index contributed by atoms with van der Waals surface area (Å²) in [4.78, 5) is 4.38. The fourth-order valence-corrected chi connectivity index (χ4v) is 2.12. The van der Waals surface area contributed by atoms with Crippen molar-refractivity contribution in [2.45, 2.75) is 0 Å². The number of hydrogen-bond donors (Lipinski definition) is 0. The highest BCUT2D eigenvalue weighted by Crippen LogP contribution is 2.25. The van der Waals surface area contributed by atoms with Gasteiger partial charge in [-0.1, -0.05) is 30.2 Å². The largest absolute Gasteiger partial charge is 0.348 e. The second kappa shape index (κ2) is 4.46. The van der Waals surface area contributed by atoms with Crippen LogP contribution in [0.5, 0.6) is 0 Å². The summed E-state index contributed by atoms with van der Waals surface area (Å²) in [6, 6.07) is 10.1. The van der Waals surface area contributed by atoms with Crippen molar-refractivity contribution in [1.82, 2.24) is 9.80 Å². The third-order valence-electron chi connectivity index (χ3n) is 3.03. The fourth-order valence-electron chi connectivity index (χ4n) is 2.12. The lowest BCUT2D eigenvalue weighted by Crippen LogP contribution is -2.20. The Kier molecular flexibility index (Phi) is 2.66. The molecule has 0 bridgehead atoms. The van der Waals surface area contributed by atoms with E-state index >= 15 is 0 Å². The van der Waals surface area contributed by atoms with Crippen LogP contribution in [-0.4, -0.2) is 23.5 Å². The van der Waals surface area contributed by atoms with Gasteiger partial charge in [-0.05, 0) is 30.2 Å². The van der Waals surface area contributed by atoms with Gasteiger partial charge in [0.2, 0.25) is 0 Å². The molecule has 2 nitrogen and oxygen atoms in total. The second-order valence-corrected chi connectivity index (χ2v) is 4.36. The average molecular weight is 234 g/mol. The summed E-state index contributed by atoms with van der Waals surface area (Å²) in [5.74, 6) is 6.49. The maximum Gasteiger partial charge on any atom is 0.114 e. The Balaban J connectivity index is 1.95. The van der Waals surface area contributed by atoms with E-state index in [4.69, 9.17) is 0 Å². The number of rotatable bonds is 0. The summed E-state index contributed by atoms with van der Waals surface area (Å²) in [5.41, 5.74) is 3.32. The molecule has 0 N–H and O–H groups in total. The first-order chi connectivity index (χ1) is 8.84. The van der Waals surface area contributed by atoms with Gasteiger partial charge in [0.1, 0.15) is 5.70 Å². The zero-order valence-corrected chi connectivity index (χ0v) is 10.3. The van der Waals surface area contributed by atoms with Crippen LogP contribution in [0.15, 0.2) is 66.2 Å². The maximum absolute atomic E-state index is 3.28. The predicted octanol–water partition coefficient (Wildman–Crippen LogP) is 2.54. The van der Waals surface area contributed by atoms with Crippen molar-refractivity contribution < 1.29 is 0 Å². The summed E-state index contributed by atoms with van der Waals surface area (Å²) in [7, 11) is 2.07. The number of hydrogen-bond acceptors (Lipinski definition) is 2. The van der Waals surface area contributed by atoms with E-state index in [-0.39, 0.29) is 0 Å². The van der Waals surface area contributed by atoms with Gasteiger partial charge in [-0.25, -0.2) is 0 Å². The monoisotopic (exact) mass is 234 g/mol. The van der Waals surface area contributed by atoms with Crippen LogP contribution in [0, 0.1) is 11.8 Å². The first kappa shape index (κ1) is 10.7. The van der Waals surface area contributed by atoms with Gasteiger partial charge in [0.15, 0.2) is 0 Å². The SMILES string of the molecule is CN1CN2C=CC=CC2=C1C#Cc1ccccc1. The molecule has 2 heteroatoms. The minimum atomic E-state index is 0.870. The molecule has 2 aliphatic heterocycles. The van der Waals surface area contributed by atoms with Crippen molar-refractivity contribution in [2.24, 2.45) is 0 Å². The van der Waals surface area contributed by atoms with E-state index in [1.165, 1.54) is 5.70 Å². The lowest BCUT2D eigenvalue weighted by atomic mass is 10.2. The summed E-state index contributed by atoms with van der Waals surface area (Å²) < 4.78 is 0. The minimum absolute atomic E-state index is 0.870. The molecular weight excluding hydrogens is 220 g/mol. The zero-order valence-electron chi connectivity index (χ0n) is 10.3. The molecule has 2 aliphatic rings. The molecule has 0 aliphatic carbocycles. The lowest BCUT2D eigenvalue weighted by molar-refractivity contribution is 0.349. The molecule has 0 spiro atoms. The molecule has 1 aromatic rings. The summed E-state index contributed by atoms with van der Waals surface area (Å²) in [6.45, 7) is 0.870. The topological polar surface area (TPSA) is 6.48 Å². The quantitative estimate of drug-likeness (QED) is 0.636. The van der Waals surface area contributed by atoms with Crippen molar-refractivity contribution in [3.63, 3.8) is 0 Å². The Labute approximate surface area is 108 Å². The van der Waals surface area contributed by atoms with E-state index in [0.717, 1.165) is 17.9 Å². The van der Waals surface area contributed by atoms with E-state index in [9.17, 15) is 0 Å². The van der Waals surface area contributed by atoms with Crippen LogP contribution in [0.3, 0.4) is 0 Å². The normalized spacial score (nSPS) is 16.7. The molecule has 0 amide bonds. The molecule has 2 heterocycles. The van der Waals surface area contributed by atoms with Crippen molar-refractivity contribution in [1.29, 1.82) is 0 Å². The van der Waals surface area contributed by atoms with Gasteiger partial charge in [0, 0.05) is 18.8 Å². The van der Waals surface area contributed by atoms with Gasteiger partial charge in [-0.3, -0.25) is 0 Å². The third kappa shape index (κ3) is 1.91. The number of fused-ring (bicyclic) bond motifs is 1. The smallest absolute Gasteiger partial charge is 0.114 e. The highest BCUT2D eigenvalue weighted by molar-refractivity contribution is 5.47. The van der Waals surface area contributed by atoms with Crippen LogP contribution in [-0.2, 0) is 0 Å². The van der Waals surface area contributed by atoms with Gasteiger partial charge in [-0.15, -0.1) is 0 Å². The molecule has 1 aromatic carbocycles. The van der Waals surface area contributed by atoms with Crippen molar-refractivity contribution in [3.8, 4) is 11.8 Å². The molecule has 18 heavy (non-hydrogen) atoms. The maximum atomic E-state index is 3.28. The van der Waals surface area contributed by atoms with Crippen LogP contribution in [0.1, 0.15) is 5.56 Å². The molecule has 0 unspecified atom stereocenters. The highest BCUT2D eigenvalue weighted by Gasteiger charge is 2.22. The molecule has 0 radical (unpaired) electrons. The standard InChI is InChI=1S/C16H14N2/c1-17-13-18-12-6-5-9-16(18)15(17)11-10-14-7-3-2-4-8-14/h2-9,12H,13H2,1H3. The Morgan fingerprint density at radius 3 is 2.72 bits per heavy atom. The van der Waals surface area contributed by atoms with E-state index < -0.39 is 0 Å². The molecule has 3 rings (SSSR count). The Morgan fingerprint density at radius 2 is 1.89 bits per heavy atom. The van der Waals surface area contributed by atoms with Crippen LogP contribution >= 0.6 is 0 Å². The molecule has 0 saturated heterocycles. The Hall–Kier alpha value is -2.40. The lowest BCUT2D eigenvalue weighted by Gasteiger charge is -2.17. The molecule has 0 saturated carbocycles. The van der Waals surface area contributed by atoms with Crippen LogP contribution in [0.2, 0.25) is 0 Å². The first-order valence-corrected chi connectivity index (χ1v) is 5.98. The van der Waals surface area contributed by atoms with Gasteiger partial charge in [0.25, 0.3) is 0 Å². The average Bonchev–Trinajstić information content (AvgIpc) is 2.73. The van der Waals surface area contributed by atoms with E-state index in [2.05, 4.69) is 47.0 Å². The minimum Gasteiger partial charge on any atom is -0.348 e. The highest BCUT2D eigenvalue weighted by atomic mass is 15.4. The zero-order chi connectivity index (χ0) is 12.4. The fraction of sp³-hybridized carbons (Fsp3) is 0.125. The number of nitrogens with zero attached hydrogens (tertiary/aromatic N) is 2. The van der Waals surface area contributed by atoms with Gasteiger partial charge < -0.3 is 9.80 Å². The van der Waals surface area contributed by atoms with Gasteiger partial charge >= 0.3 is 0 Å². The Bertz CT molecular complexity index is 597. The second-order valence-electron chi connectivity index (χ2n) is 4.36. The molecule has 0 fully saturated rings. The van der Waals surface area contributed by atoms with E-state index in [0.29, 0.717) is 0 Å². The van der Waals surface area contributed by atoms with Crippen LogP contribution < -0.4 is 0 Å². The van der Waals surface area contributed by atoms with Crippen molar-refractivity contribution in [3.05, 3.63) is 71.7 Å². The summed E-state index contributed by atoms with van der Waals surface area (Å²) >= 11 is 0. The number of benzene rings is 1. The van der Waals surface area contributed by atoms with Gasteiger partial charge in [0.05, 0.1) is 12.4 Å². The van der Waals surface area contributed by atoms with Crippen molar-refractivity contribution in [2.75, 3.05) is 13.7 Å². The Morgan fingerprint density at radius 1 is 1.06 bits per heavy atom. The summed E-state index contributed by atoms with van der Waals surface area (Å²) in [5, 5.41) is 0.